The number of benzene rings is 1. The Hall–Kier alpha value is -1.79. The van der Waals surface area contributed by atoms with Gasteiger partial charge in [-0.2, -0.15) is 0 Å². The lowest BCUT2D eigenvalue weighted by molar-refractivity contribution is -0.132. The number of rotatable bonds is 6. The molecule has 0 bridgehead atoms. The average molecular weight is 374 g/mol. The predicted octanol–water partition coefficient (Wildman–Crippen LogP) is 3.26. The van der Waals surface area contributed by atoms with Crippen molar-refractivity contribution in [3.05, 3.63) is 52.9 Å². The van der Waals surface area contributed by atoms with Gasteiger partial charge in [0.1, 0.15) is 5.76 Å². The number of carbonyl (C=O) groups excluding carboxylic acids is 1. The number of carbonyl (C=O) groups is 1. The smallest absolute Gasteiger partial charge is 0.235 e. The second-order valence-electron chi connectivity index (χ2n) is 6.84. The third kappa shape index (κ3) is 4.68. The first kappa shape index (κ1) is 19.0. The molecule has 1 unspecified atom stereocenters. The first-order valence-electron chi connectivity index (χ1n) is 9.13. The van der Waals surface area contributed by atoms with Gasteiger partial charge in [-0.3, -0.25) is 9.69 Å². The Morgan fingerprint density at radius 2 is 1.88 bits per heavy atom. The van der Waals surface area contributed by atoms with Crippen LogP contribution in [0.1, 0.15) is 29.5 Å². The normalized spacial score (nSPS) is 16.7. The van der Waals surface area contributed by atoms with Crippen LogP contribution in [0.4, 0.5) is 0 Å². The molecule has 1 aliphatic heterocycles. The van der Waals surface area contributed by atoms with Crippen LogP contribution < -0.4 is 0 Å². The van der Waals surface area contributed by atoms with Gasteiger partial charge < -0.3 is 9.42 Å². The van der Waals surface area contributed by atoms with E-state index in [0.717, 1.165) is 49.9 Å². The Kier molecular flexibility index (Phi) is 6.38. The quantitative estimate of drug-likeness (QED) is 0.778. The molecule has 0 aliphatic carbocycles. The summed E-state index contributed by atoms with van der Waals surface area (Å²) in [4.78, 5) is 17.1. The lowest BCUT2D eigenvalue weighted by Crippen LogP contribution is -2.50. The van der Waals surface area contributed by atoms with Crippen LogP contribution in [0.3, 0.4) is 0 Å². The van der Waals surface area contributed by atoms with E-state index in [4.69, 9.17) is 4.52 Å². The van der Waals surface area contributed by atoms with Gasteiger partial charge in [0.25, 0.3) is 0 Å². The molecule has 1 aromatic carbocycles. The molecule has 1 aliphatic rings. The Labute approximate surface area is 159 Å². The summed E-state index contributed by atoms with van der Waals surface area (Å²) in [6.45, 7) is 10.2. The fourth-order valence-corrected chi connectivity index (χ4v) is 4.13. The van der Waals surface area contributed by atoms with Crippen LogP contribution in [0.25, 0.3) is 0 Å². The van der Waals surface area contributed by atoms with Crippen molar-refractivity contribution in [1.82, 2.24) is 15.0 Å². The molecule has 6 heteroatoms. The highest BCUT2D eigenvalue weighted by atomic mass is 32.2. The van der Waals surface area contributed by atoms with Crippen molar-refractivity contribution >= 4 is 17.7 Å². The number of aryl methyl sites for hydroxylation is 2. The highest BCUT2D eigenvalue weighted by Gasteiger charge is 2.26. The number of piperazine rings is 1. The Morgan fingerprint density at radius 3 is 2.50 bits per heavy atom. The van der Waals surface area contributed by atoms with E-state index in [9.17, 15) is 4.79 Å². The van der Waals surface area contributed by atoms with Gasteiger partial charge in [-0.1, -0.05) is 35.5 Å². The zero-order valence-electron chi connectivity index (χ0n) is 15.8. The van der Waals surface area contributed by atoms with E-state index in [2.05, 4.69) is 22.2 Å². The Balaban J connectivity index is 1.45. The molecule has 1 saturated heterocycles. The zero-order valence-corrected chi connectivity index (χ0v) is 16.6. The standard InChI is InChI=1S/C20H27N3O2S/c1-15-19(16(2)25-21-15)13-22-9-11-23(12-10-22)20(24)17(3)26-14-18-7-5-4-6-8-18/h4-8,17H,9-14H2,1-3H3. The SMILES string of the molecule is Cc1noc(C)c1CN1CCN(C(=O)C(C)SCc2ccccc2)CC1. The molecule has 2 heterocycles. The Bertz CT molecular complexity index is 704. The summed E-state index contributed by atoms with van der Waals surface area (Å²) in [5.74, 6) is 2.02. The summed E-state index contributed by atoms with van der Waals surface area (Å²) < 4.78 is 5.25. The topological polar surface area (TPSA) is 49.6 Å². The van der Waals surface area contributed by atoms with E-state index in [1.165, 1.54) is 11.1 Å². The molecular weight excluding hydrogens is 346 g/mol. The fourth-order valence-electron chi connectivity index (χ4n) is 3.20. The van der Waals surface area contributed by atoms with Crippen LogP contribution in [0, 0.1) is 13.8 Å². The van der Waals surface area contributed by atoms with Gasteiger partial charge in [-0.05, 0) is 26.3 Å². The van der Waals surface area contributed by atoms with Crippen LogP contribution in [0.5, 0.6) is 0 Å². The number of amides is 1. The van der Waals surface area contributed by atoms with Crippen molar-refractivity contribution in [2.75, 3.05) is 26.2 Å². The van der Waals surface area contributed by atoms with Crippen molar-refractivity contribution in [1.29, 1.82) is 0 Å². The first-order valence-corrected chi connectivity index (χ1v) is 10.2. The van der Waals surface area contributed by atoms with Crippen molar-refractivity contribution in [2.24, 2.45) is 0 Å². The minimum Gasteiger partial charge on any atom is -0.361 e. The van der Waals surface area contributed by atoms with Crippen molar-refractivity contribution in [3.63, 3.8) is 0 Å². The van der Waals surface area contributed by atoms with E-state index in [1.54, 1.807) is 11.8 Å². The van der Waals surface area contributed by atoms with Gasteiger partial charge in [0.15, 0.2) is 0 Å². The molecule has 0 spiro atoms. The van der Waals surface area contributed by atoms with Gasteiger partial charge in [-0.15, -0.1) is 11.8 Å². The maximum Gasteiger partial charge on any atom is 0.235 e. The van der Waals surface area contributed by atoms with Crippen molar-refractivity contribution in [3.8, 4) is 0 Å². The molecule has 2 aromatic rings. The second kappa shape index (κ2) is 8.73. The van der Waals surface area contributed by atoms with Crippen LogP contribution in [0.15, 0.2) is 34.9 Å². The molecule has 3 rings (SSSR count). The monoisotopic (exact) mass is 373 g/mol. The molecule has 0 radical (unpaired) electrons. The number of hydrogen-bond acceptors (Lipinski definition) is 5. The van der Waals surface area contributed by atoms with Crippen molar-refractivity contribution in [2.45, 2.75) is 38.3 Å². The highest BCUT2D eigenvalue weighted by molar-refractivity contribution is 7.99. The summed E-state index contributed by atoms with van der Waals surface area (Å²) in [5, 5.41) is 4.01. The van der Waals surface area contributed by atoms with Crippen LogP contribution in [-0.4, -0.2) is 52.3 Å². The number of thioether (sulfide) groups is 1. The van der Waals surface area contributed by atoms with E-state index in [1.807, 2.05) is 43.9 Å². The predicted molar refractivity (Wildman–Crippen MR) is 105 cm³/mol. The summed E-state index contributed by atoms with van der Waals surface area (Å²) >= 11 is 1.71. The van der Waals surface area contributed by atoms with Gasteiger partial charge in [-0.25, -0.2) is 0 Å². The van der Waals surface area contributed by atoms with E-state index >= 15 is 0 Å². The van der Waals surface area contributed by atoms with Gasteiger partial charge >= 0.3 is 0 Å². The van der Waals surface area contributed by atoms with Crippen LogP contribution >= 0.6 is 11.8 Å². The lowest BCUT2D eigenvalue weighted by atomic mass is 10.1. The largest absolute Gasteiger partial charge is 0.361 e. The molecule has 0 saturated carbocycles. The van der Waals surface area contributed by atoms with Crippen LogP contribution in [0.2, 0.25) is 0 Å². The Morgan fingerprint density at radius 1 is 1.19 bits per heavy atom. The summed E-state index contributed by atoms with van der Waals surface area (Å²) in [6, 6.07) is 10.3. The number of nitrogens with zero attached hydrogens (tertiary/aromatic N) is 3. The molecule has 1 aromatic heterocycles. The van der Waals surface area contributed by atoms with E-state index < -0.39 is 0 Å². The van der Waals surface area contributed by atoms with E-state index in [-0.39, 0.29) is 11.2 Å². The van der Waals surface area contributed by atoms with E-state index in [0.29, 0.717) is 0 Å². The molecule has 26 heavy (non-hydrogen) atoms. The maximum absolute atomic E-state index is 12.7. The van der Waals surface area contributed by atoms with Gasteiger partial charge in [0, 0.05) is 44.0 Å². The van der Waals surface area contributed by atoms with Gasteiger partial charge in [0.2, 0.25) is 5.91 Å². The summed E-state index contributed by atoms with van der Waals surface area (Å²) in [5.41, 5.74) is 3.41. The van der Waals surface area contributed by atoms with Crippen LogP contribution in [-0.2, 0) is 17.1 Å². The lowest BCUT2D eigenvalue weighted by Gasteiger charge is -2.35. The van der Waals surface area contributed by atoms with Crippen molar-refractivity contribution < 1.29 is 9.32 Å². The molecule has 1 atom stereocenters. The summed E-state index contributed by atoms with van der Waals surface area (Å²) in [7, 11) is 0. The second-order valence-corrected chi connectivity index (χ2v) is 8.17. The third-order valence-corrected chi connectivity index (χ3v) is 6.14. The molecule has 1 amide bonds. The zero-order chi connectivity index (χ0) is 18.5. The molecule has 5 nitrogen and oxygen atoms in total. The highest BCUT2D eigenvalue weighted by Crippen LogP contribution is 2.21. The number of aromatic nitrogens is 1. The molecule has 0 N–H and O–H groups in total. The first-order chi connectivity index (χ1) is 12.5. The average Bonchev–Trinajstić information content (AvgIpc) is 2.99. The molecular formula is C20H27N3O2S. The molecule has 1 fully saturated rings. The molecule has 140 valence electrons. The third-order valence-electron chi connectivity index (χ3n) is 4.94. The number of hydrogen-bond donors (Lipinski definition) is 0. The fraction of sp³-hybridized carbons (Fsp3) is 0.500. The summed E-state index contributed by atoms with van der Waals surface area (Å²) in [6.07, 6.45) is 0. The minimum atomic E-state index is -0.00989. The van der Waals surface area contributed by atoms with Gasteiger partial charge in [0.05, 0.1) is 10.9 Å². The maximum atomic E-state index is 12.7. The minimum absolute atomic E-state index is 0.00989.